The molecule has 0 spiro atoms. The molecule has 0 radical (unpaired) electrons. The topological polar surface area (TPSA) is 50.8 Å². The van der Waals surface area contributed by atoms with Gasteiger partial charge in [0, 0.05) is 6.54 Å². The van der Waals surface area contributed by atoms with Crippen LogP contribution in [0.1, 0.15) is 39.0 Å². The fourth-order valence-corrected chi connectivity index (χ4v) is 2.05. The molecule has 0 aromatic heterocycles. The Balaban J connectivity index is 2.36. The van der Waals surface area contributed by atoms with Crippen LogP contribution in [-0.4, -0.2) is 44.8 Å². The van der Waals surface area contributed by atoms with E-state index in [4.69, 9.17) is 9.47 Å². The third-order valence-corrected chi connectivity index (χ3v) is 3.40. The van der Waals surface area contributed by atoms with Crippen molar-refractivity contribution in [1.29, 1.82) is 0 Å². The van der Waals surface area contributed by atoms with Gasteiger partial charge in [0.15, 0.2) is 0 Å². The van der Waals surface area contributed by atoms with Gasteiger partial charge in [-0.15, -0.1) is 0 Å². The Hall–Kier alpha value is -1.75. The van der Waals surface area contributed by atoms with Crippen LogP contribution < -0.4 is 10.1 Å². The Bertz CT molecular complexity index is 450. The first-order valence-electron chi connectivity index (χ1n) is 8.43. The van der Waals surface area contributed by atoms with E-state index in [1.165, 1.54) is 25.7 Å². The van der Waals surface area contributed by atoms with Gasteiger partial charge in [-0.25, -0.2) is 4.79 Å². The summed E-state index contributed by atoms with van der Waals surface area (Å²) in [4.78, 5) is 13.7. The number of anilines is 1. The van der Waals surface area contributed by atoms with Gasteiger partial charge >= 0.3 is 6.09 Å². The summed E-state index contributed by atoms with van der Waals surface area (Å²) in [5.74, 6) is 0.688. The number of amides is 1. The third-order valence-electron chi connectivity index (χ3n) is 3.40. The van der Waals surface area contributed by atoms with Crippen molar-refractivity contribution >= 4 is 11.8 Å². The number of benzene rings is 1. The van der Waals surface area contributed by atoms with E-state index in [9.17, 15) is 4.79 Å². The monoisotopic (exact) mass is 322 g/mol. The molecule has 1 rings (SSSR count). The summed E-state index contributed by atoms with van der Waals surface area (Å²) < 4.78 is 10.9. The summed E-state index contributed by atoms with van der Waals surface area (Å²) in [6.45, 7) is 3.93. The number of carbonyl (C=O) groups is 1. The first-order valence-corrected chi connectivity index (χ1v) is 8.43. The van der Waals surface area contributed by atoms with Gasteiger partial charge in [-0.1, -0.05) is 44.7 Å². The Morgan fingerprint density at radius 1 is 1.09 bits per heavy atom. The lowest BCUT2D eigenvalue weighted by Crippen LogP contribution is -2.22. The van der Waals surface area contributed by atoms with E-state index >= 15 is 0 Å². The zero-order valence-corrected chi connectivity index (χ0v) is 14.6. The minimum Gasteiger partial charge on any atom is -0.491 e. The van der Waals surface area contributed by atoms with Crippen LogP contribution in [0, 0.1) is 0 Å². The molecule has 0 saturated heterocycles. The number of unbranched alkanes of at least 4 members (excludes halogenated alkanes) is 4. The highest BCUT2D eigenvalue weighted by Gasteiger charge is 2.08. The second-order valence-corrected chi connectivity index (χ2v) is 5.82. The molecule has 23 heavy (non-hydrogen) atoms. The van der Waals surface area contributed by atoms with E-state index in [1.807, 2.05) is 43.3 Å². The van der Waals surface area contributed by atoms with Crippen LogP contribution in [0.4, 0.5) is 10.5 Å². The van der Waals surface area contributed by atoms with Crippen molar-refractivity contribution in [2.24, 2.45) is 0 Å². The molecule has 1 amide bonds. The molecule has 1 aromatic carbocycles. The quantitative estimate of drug-likeness (QED) is 0.622. The smallest absolute Gasteiger partial charge is 0.411 e. The highest BCUT2D eigenvalue weighted by atomic mass is 16.5. The number of hydrogen-bond acceptors (Lipinski definition) is 4. The molecule has 0 aliphatic heterocycles. The number of likely N-dealkylation sites (N-methyl/N-ethyl adjacent to an activating group) is 1. The Morgan fingerprint density at radius 3 is 2.57 bits per heavy atom. The van der Waals surface area contributed by atoms with Gasteiger partial charge in [-0.05, 0) is 32.6 Å². The maximum atomic E-state index is 11.8. The summed E-state index contributed by atoms with van der Waals surface area (Å²) in [5, 5.41) is 2.74. The fraction of sp³-hybridized carbons (Fsp3) is 0.611. The van der Waals surface area contributed by atoms with Gasteiger partial charge in [0.2, 0.25) is 0 Å². The van der Waals surface area contributed by atoms with E-state index < -0.39 is 6.09 Å². The third kappa shape index (κ3) is 9.08. The predicted molar refractivity (Wildman–Crippen MR) is 94.2 cm³/mol. The second kappa shape index (κ2) is 11.8. The Morgan fingerprint density at radius 2 is 1.83 bits per heavy atom. The maximum absolute atomic E-state index is 11.8. The lowest BCUT2D eigenvalue weighted by molar-refractivity contribution is 0.151. The number of nitrogens with zero attached hydrogens (tertiary/aromatic N) is 1. The lowest BCUT2D eigenvalue weighted by Gasteiger charge is -2.13. The first-order chi connectivity index (χ1) is 11.1. The van der Waals surface area contributed by atoms with Gasteiger partial charge in [-0.2, -0.15) is 0 Å². The molecule has 130 valence electrons. The molecule has 0 heterocycles. The van der Waals surface area contributed by atoms with Crippen LogP contribution in [0.3, 0.4) is 0 Å². The van der Waals surface area contributed by atoms with Crippen LogP contribution >= 0.6 is 0 Å². The van der Waals surface area contributed by atoms with Crippen molar-refractivity contribution in [3.63, 3.8) is 0 Å². The molecule has 0 saturated carbocycles. The molecule has 0 bridgehead atoms. The summed E-state index contributed by atoms with van der Waals surface area (Å²) in [7, 11) is 3.87. The number of hydrogen-bond donors (Lipinski definition) is 1. The molecule has 5 nitrogen and oxygen atoms in total. The molecule has 0 aliphatic rings. The molecule has 0 aliphatic carbocycles. The van der Waals surface area contributed by atoms with Crippen LogP contribution in [0.5, 0.6) is 5.75 Å². The van der Waals surface area contributed by atoms with E-state index in [1.54, 1.807) is 0 Å². The van der Waals surface area contributed by atoms with Crippen LogP contribution in [0.15, 0.2) is 24.3 Å². The van der Waals surface area contributed by atoms with E-state index in [0.29, 0.717) is 31.2 Å². The van der Waals surface area contributed by atoms with Crippen molar-refractivity contribution in [3.05, 3.63) is 24.3 Å². The molecule has 0 fully saturated rings. The van der Waals surface area contributed by atoms with Gasteiger partial charge in [0.25, 0.3) is 0 Å². The Labute approximate surface area is 140 Å². The second-order valence-electron chi connectivity index (χ2n) is 5.82. The molecule has 5 heteroatoms. The van der Waals surface area contributed by atoms with E-state index in [2.05, 4.69) is 12.2 Å². The molecule has 1 N–H and O–H groups in total. The zero-order valence-electron chi connectivity index (χ0n) is 14.6. The van der Waals surface area contributed by atoms with Crippen molar-refractivity contribution in [3.8, 4) is 5.75 Å². The highest BCUT2D eigenvalue weighted by molar-refractivity contribution is 5.86. The van der Waals surface area contributed by atoms with Crippen molar-refractivity contribution in [1.82, 2.24) is 4.90 Å². The van der Waals surface area contributed by atoms with Gasteiger partial charge in [0.1, 0.15) is 12.4 Å². The lowest BCUT2D eigenvalue weighted by atomic mass is 10.2. The number of carbonyl (C=O) groups excluding carboxylic acids is 1. The van der Waals surface area contributed by atoms with Crippen molar-refractivity contribution < 1.29 is 14.3 Å². The molecule has 0 unspecified atom stereocenters. The highest BCUT2D eigenvalue weighted by Crippen LogP contribution is 2.24. The summed E-state index contributed by atoms with van der Waals surface area (Å²) >= 11 is 0. The largest absolute Gasteiger partial charge is 0.491 e. The maximum Gasteiger partial charge on any atom is 0.411 e. The zero-order chi connectivity index (χ0) is 16.9. The summed E-state index contributed by atoms with van der Waals surface area (Å²) in [5.41, 5.74) is 0.649. The minimum atomic E-state index is -0.453. The number of rotatable bonds is 11. The average Bonchev–Trinajstić information content (AvgIpc) is 2.52. The van der Waals surface area contributed by atoms with E-state index in [-0.39, 0.29) is 0 Å². The number of nitrogens with one attached hydrogen (secondary N) is 1. The van der Waals surface area contributed by atoms with Crippen LogP contribution in [0.2, 0.25) is 0 Å². The minimum absolute atomic E-state index is 0.360. The SMILES string of the molecule is CCCCCCCOc1ccccc1NC(=O)OCCN(C)C. The van der Waals surface area contributed by atoms with Crippen LogP contribution in [0.25, 0.3) is 0 Å². The van der Waals surface area contributed by atoms with Gasteiger partial charge in [-0.3, -0.25) is 5.32 Å². The van der Waals surface area contributed by atoms with E-state index in [0.717, 1.165) is 6.42 Å². The predicted octanol–water partition coefficient (Wildman–Crippen LogP) is 4.15. The fourth-order valence-electron chi connectivity index (χ4n) is 2.05. The number of ether oxygens (including phenoxy) is 2. The van der Waals surface area contributed by atoms with Gasteiger partial charge < -0.3 is 14.4 Å². The number of para-hydroxylation sites is 2. The molecule has 1 aromatic rings. The molecular formula is C18H30N2O3. The average molecular weight is 322 g/mol. The molecular weight excluding hydrogens is 292 g/mol. The van der Waals surface area contributed by atoms with Crippen molar-refractivity contribution in [2.75, 3.05) is 39.2 Å². The summed E-state index contributed by atoms with van der Waals surface area (Å²) in [6, 6.07) is 7.44. The Kier molecular flexibility index (Phi) is 9.87. The summed E-state index contributed by atoms with van der Waals surface area (Å²) in [6.07, 6.45) is 5.52. The first kappa shape index (κ1) is 19.3. The molecule has 0 atom stereocenters. The normalized spacial score (nSPS) is 10.6. The van der Waals surface area contributed by atoms with Crippen molar-refractivity contribution in [2.45, 2.75) is 39.0 Å². The standard InChI is InChI=1S/C18H30N2O3/c1-4-5-6-7-10-14-22-17-12-9-8-11-16(17)19-18(21)23-15-13-20(2)3/h8-9,11-12H,4-7,10,13-15H2,1-3H3,(H,19,21). The van der Waals surface area contributed by atoms with Crippen LogP contribution in [-0.2, 0) is 4.74 Å². The van der Waals surface area contributed by atoms with Gasteiger partial charge in [0.05, 0.1) is 12.3 Å².